The highest BCUT2D eigenvalue weighted by atomic mass is 19.4. The summed E-state index contributed by atoms with van der Waals surface area (Å²) >= 11 is 0. The third kappa shape index (κ3) is 12.2. The lowest BCUT2D eigenvalue weighted by Gasteiger charge is -2.33. The van der Waals surface area contributed by atoms with Crippen molar-refractivity contribution < 1.29 is 50.9 Å². The van der Waals surface area contributed by atoms with Gasteiger partial charge in [0.2, 0.25) is 0 Å². The first kappa shape index (κ1) is 30.7. The maximum Gasteiger partial charge on any atom is 0.490 e. The van der Waals surface area contributed by atoms with Crippen molar-refractivity contribution in [3.8, 4) is 0 Å². The number of alkyl halides is 6. The predicted molar refractivity (Wildman–Crippen MR) is 114 cm³/mol. The van der Waals surface area contributed by atoms with Gasteiger partial charge in [0.05, 0.1) is 6.10 Å². The van der Waals surface area contributed by atoms with E-state index in [2.05, 4.69) is 40.1 Å². The van der Waals surface area contributed by atoms with Crippen LogP contribution in [0.25, 0.3) is 0 Å². The number of hydrogen-bond donors (Lipinski definition) is 2. The largest absolute Gasteiger partial charge is 0.490 e. The quantitative estimate of drug-likeness (QED) is 0.575. The molecule has 7 nitrogen and oxygen atoms in total. The van der Waals surface area contributed by atoms with Gasteiger partial charge in [-0.05, 0) is 43.8 Å². The SMILES string of the molecule is COC1CCCN(CCN2CCC(c3ccccc3)C2)C1.O=C(O)C(F)(F)F.O=C(O)C(F)(F)F. The molecule has 2 N–H and O–H groups in total. The fraction of sp³-hybridized carbons (Fsp3) is 0.636. The zero-order valence-electron chi connectivity index (χ0n) is 19.2. The number of hydrogen-bond acceptors (Lipinski definition) is 5. The van der Waals surface area contributed by atoms with Crippen LogP contribution in [0.3, 0.4) is 0 Å². The van der Waals surface area contributed by atoms with Crippen LogP contribution < -0.4 is 0 Å². The third-order valence-corrected chi connectivity index (χ3v) is 5.56. The van der Waals surface area contributed by atoms with Gasteiger partial charge in [-0.15, -0.1) is 0 Å². The molecule has 2 heterocycles. The van der Waals surface area contributed by atoms with Crippen LogP contribution in [0.1, 0.15) is 30.7 Å². The lowest BCUT2D eigenvalue weighted by atomic mass is 9.99. The van der Waals surface area contributed by atoms with Crippen molar-refractivity contribution in [3.05, 3.63) is 35.9 Å². The normalized spacial score (nSPS) is 21.3. The summed E-state index contributed by atoms with van der Waals surface area (Å²) in [6.07, 6.45) is -5.89. The molecule has 0 aliphatic carbocycles. The minimum Gasteiger partial charge on any atom is -0.475 e. The molecule has 1 aromatic carbocycles. The Morgan fingerprint density at radius 1 is 0.886 bits per heavy atom. The molecule has 2 unspecified atom stereocenters. The van der Waals surface area contributed by atoms with E-state index in [0.29, 0.717) is 6.10 Å². The van der Waals surface area contributed by atoms with Gasteiger partial charge in [-0.3, -0.25) is 4.90 Å². The van der Waals surface area contributed by atoms with Crippen molar-refractivity contribution >= 4 is 11.9 Å². The van der Waals surface area contributed by atoms with Gasteiger partial charge in [0, 0.05) is 33.3 Å². The molecule has 1 aromatic rings. The Balaban J connectivity index is 0.000000362. The third-order valence-electron chi connectivity index (χ3n) is 5.56. The van der Waals surface area contributed by atoms with Crippen LogP contribution in [0.4, 0.5) is 26.3 Å². The monoisotopic (exact) mass is 516 g/mol. The van der Waals surface area contributed by atoms with Gasteiger partial charge in [0.15, 0.2) is 0 Å². The van der Waals surface area contributed by atoms with Crippen molar-refractivity contribution in [2.75, 3.05) is 46.4 Å². The zero-order chi connectivity index (χ0) is 26.6. The molecule has 2 atom stereocenters. The highest BCUT2D eigenvalue weighted by Crippen LogP contribution is 2.26. The van der Waals surface area contributed by atoms with E-state index in [4.69, 9.17) is 24.5 Å². The molecule has 0 amide bonds. The van der Waals surface area contributed by atoms with E-state index in [1.54, 1.807) is 0 Å². The van der Waals surface area contributed by atoms with E-state index in [-0.39, 0.29) is 0 Å². The summed E-state index contributed by atoms with van der Waals surface area (Å²) in [5.74, 6) is -4.78. The summed E-state index contributed by atoms with van der Waals surface area (Å²) in [4.78, 5) is 23.0. The van der Waals surface area contributed by atoms with E-state index in [1.807, 2.05) is 7.11 Å². The molecule has 2 aliphatic rings. The predicted octanol–water partition coefficient (Wildman–Crippen LogP) is 3.85. The average Bonchev–Trinajstić information content (AvgIpc) is 3.27. The molecule has 2 fully saturated rings. The average molecular weight is 516 g/mol. The van der Waals surface area contributed by atoms with Crippen LogP contribution in [0.5, 0.6) is 0 Å². The summed E-state index contributed by atoms with van der Waals surface area (Å²) in [6, 6.07) is 11.0. The number of carbonyl (C=O) groups is 2. The van der Waals surface area contributed by atoms with Gasteiger partial charge in [-0.2, -0.15) is 26.3 Å². The first-order valence-electron chi connectivity index (χ1n) is 10.9. The number of carboxylic acid groups (broad SMARTS) is 2. The number of benzene rings is 1. The number of nitrogens with zero attached hydrogens (tertiary/aromatic N) is 2. The Morgan fingerprint density at radius 3 is 1.83 bits per heavy atom. The second-order valence-corrected chi connectivity index (χ2v) is 8.10. The van der Waals surface area contributed by atoms with Crippen LogP contribution >= 0.6 is 0 Å². The standard InChI is InChI=1S/C18H28N2O.2C2HF3O2/c1-21-18-8-5-10-19(15-18)12-13-20-11-9-17(14-20)16-6-3-2-4-7-16;2*3-2(4,5)1(6)7/h2-4,6-7,17-18H,5,8-15H2,1H3;2*(H,6,7). The molecule has 35 heavy (non-hydrogen) atoms. The molecule has 0 bridgehead atoms. The van der Waals surface area contributed by atoms with E-state index in [0.717, 1.165) is 12.5 Å². The minimum atomic E-state index is -5.08. The number of halogens is 6. The second kappa shape index (κ2) is 14.2. The van der Waals surface area contributed by atoms with Crippen LogP contribution in [-0.2, 0) is 14.3 Å². The topological polar surface area (TPSA) is 90.3 Å². The van der Waals surface area contributed by atoms with Crippen LogP contribution in [0.15, 0.2) is 30.3 Å². The zero-order valence-corrected chi connectivity index (χ0v) is 19.2. The van der Waals surface area contributed by atoms with Gasteiger partial charge in [0.25, 0.3) is 0 Å². The number of methoxy groups -OCH3 is 1. The Kier molecular flexibility index (Phi) is 12.5. The number of ether oxygens (including phenoxy) is 1. The maximum absolute atomic E-state index is 10.6. The fourth-order valence-corrected chi connectivity index (χ4v) is 3.72. The molecule has 0 aromatic heterocycles. The Morgan fingerprint density at radius 2 is 1.37 bits per heavy atom. The molecular weight excluding hydrogens is 486 g/mol. The molecule has 3 rings (SSSR count). The van der Waals surface area contributed by atoms with Crippen molar-refractivity contribution in [2.45, 2.75) is 43.6 Å². The molecule has 13 heteroatoms. The summed E-state index contributed by atoms with van der Waals surface area (Å²) < 4.78 is 69.0. The lowest BCUT2D eigenvalue weighted by molar-refractivity contribution is -0.193. The molecule has 0 spiro atoms. The van der Waals surface area contributed by atoms with Crippen molar-refractivity contribution in [1.82, 2.24) is 9.80 Å². The van der Waals surface area contributed by atoms with Crippen molar-refractivity contribution in [3.63, 3.8) is 0 Å². The summed E-state index contributed by atoms with van der Waals surface area (Å²) in [5, 5.41) is 14.2. The van der Waals surface area contributed by atoms with Gasteiger partial charge in [-0.25, -0.2) is 9.59 Å². The van der Waals surface area contributed by atoms with Crippen molar-refractivity contribution in [2.24, 2.45) is 0 Å². The number of rotatable bonds is 5. The molecule has 0 radical (unpaired) electrons. The number of piperidine rings is 1. The van der Waals surface area contributed by atoms with E-state index < -0.39 is 24.3 Å². The maximum atomic E-state index is 10.6. The summed E-state index contributed by atoms with van der Waals surface area (Å²) in [6.45, 7) is 7.25. The summed E-state index contributed by atoms with van der Waals surface area (Å²) in [7, 11) is 1.85. The molecule has 2 saturated heterocycles. The number of aliphatic carboxylic acids is 2. The number of carboxylic acids is 2. The smallest absolute Gasteiger partial charge is 0.475 e. The van der Waals surface area contributed by atoms with E-state index in [1.165, 1.54) is 57.5 Å². The minimum absolute atomic E-state index is 0.453. The Hall–Kier alpha value is -2.38. The lowest BCUT2D eigenvalue weighted by Crippen LogP contribution is -2.42. The van der Waals surface area contributed by atoms with Crippen molar-refractivity contribution in [1.29, 1.82) is 0 Å². The summed E-state index contributed by atoms with van der Waals surface area (Å²) in [5.41, 5.74) is 1.51. The number of likely N-dealkylation sites (tertiary alicyclic amines) is 2. The highest BCUT2D eigenvalue weighted by Gasteiger charge is 2.38. The van der Waals surface area contributed by atoms with Crippen LogP contribution in [0.2, 0.25) is 0 Å². The van der Waals surface area contributed by atoms with Crippen LogP contribution in [0, 0.1) is 0 Å². The fourth-order valence-electron chi connectivity index (χ4n) is 3.72. The first-order chi connectivity index (χ1) is 16.2. The highest BCUT2D eigenvalue weighted by molar-refractivity contribution is 5.73. The first-order valence-corrected chi connectivity index (χ1v) is 10.9. The van der Waals surface area contributed by atoms with Gasteiger partial charge >= 0.3 is 24.3 Å². The van der Waals surface area contributed by atoms with Gasteiger partial charge < -0.3 is 19.8 Å². The van der Waals surface area contributed by atoms with Gasteiger partial charge in [0.1, 0.15) is 0 Å². The Labute approximate surface area is 199 Å². The second-order valence-electron chi connectivity index (χ2n) is 8.10. The van der Waals surface area contributed by atoms with Gasteiger partial charge in [-0.1, -0.05) is 30.3 Å². The van der Waals surface area contributed by atoms with E-state index >= 15 is 0 Å². The molecular formula is C22H30F6N2O5. The molecule has 2 aliphatic heterocycles. The van der Waals surface area contributed by atoms with E-state index in [9.17, 15) is 26.3 Å². The Bertz CT molecular complexity index is 752. The van der Waals surface area contributed by atoms with Crippen LogP contribution in [-0.4, -0.2) is 96.8 Å². The molecule has 0 saturated carbocycles. The molecule has 200 valence electrons.